The number of nitrogens with zero attached hydrogens (tertiary/aromatic N) is 2. The second-order valence-corrected chi connectivity index (χ2v) is 15.5. The van der Waals surface area contributed by atoms with Crippen LogP contribution in [0.15, 0.2) is 42.5 Å². The lowest BCUT2D eigenvalue weighted by atomic mass is 9.58. The van der Waals surface area contributed by atoms with Gasteiger partial charge in [-0.2, -0.15) is 13.2 Å². The quantitative estimate of drug-likeness (QED) is 0.200. The number of phenols is 1. The van der Waals surface area contributed by atoms with Gasteiger partial charge in [-0.05, 0) is 81.3 Å². The van der Waals surface area contributed by atoms with Crippen LogP contribution >= 0.6 is 15.9 Å². The lowest BCUT2D eigenvalue weighted by Crippen LogP contribution is -2.74. The van der Waals surface area contributed by atoms with E-state index in [0.717, 1.165) is 43.0 Å². The van der Waals surface area contributed by atoms with Crippen LogP contribution in [0.3, 0.4) is 0 Å². The molecule has 8 rings (SSSR count). The van der Waals surface area contributed by atoms with Gasteiger partial charge in [0.1, 0.15) is 12.0 Å². The van der Waals surface area contributed by atoms with Gasteiger partial charge in [-0.3, -0.25) is 4.90 Å². The van der Waals surface area contributed by atoms with Crippen molar-refractivity contribution in [3.05, 3.63) is 53.6 Å². The second-order valence-electron chi connectivity index (χ2n) is 13.8. The highest BCUT2D eigenvalue weighted by Gasteiger charge is 2.72. The van der Waals surface area contributed by atoms with Gasteiger partial charge in [0.05, 0.1) is 9.89 Å². The van der Waals surface area contributed by atoms with E-state index in [1.165, 1.54) is 12.1 Å². The molecular weight excluding hydrogens is 655 g/mol. The van der Waals surface area contributed by atoms with Crippen LogP contribution in [0, 0.1) is 17.8 Å². The van der Waals surface area contributed by atoms with Gasteiger partial charge < -0.3 is 24.8 Å². The van der Waals surface area contributed by atoms with Gasteiger partial charge in [-0.1, -0.05) is 28.9 Å². The molecule has 5 aliphatic heterocycles. The molecule has 1 saturated carbocycles. The molecule has 3 unspecified atom stereocenters. The third-order valence-electron chi connectivity index (χ3n) is 10.9. The molecule has 6 aliphatic rings. The number of anilines is 2. The van der Waals surface area contributed by atoms with Crippen molar-refractivity contribution >= 4 is 27.3 Å². The molecule has 2 N–H and O–H groups in total. The van der Waals surface area contributed by atoms with E-state index in [4.69, 9.17) is 19.2 Å². The van der Waals surface area contributed by atoms with Crippen molar-refractivity contribution in [2.75, 3.05) is 36.4 Å². The summed E-state index contributed by atoms with van der Waals surface area (Å²) in [6.07, 6.45) is -1.70. The van der Waals surface area contributed by atoms with Crippen molar-refractivity contribution in [2.45, 2.75) is 87.4 Å². The summed E-state index contributed by atoms with van der Waals surface area (Å²) in [5.74, 6) is 0.101. The van der Waals surface area contributed by atoms with Crippen molar-refractivity contribution in [3.8, 4) is 5.75 Å². The molecule has 1 aliphatic carbocycles. The fraction of sp³-hybridized carbons (Fsp3) is 0.636. The monoisotopic (exact) mass is 695 g/mol. The highest BCUT2D eigenvalue weighted by molar-refractivity contribution is 9.10. The average Bonchev–Trinajstić information content (AvgIpc) is 3.23. The van der Waals surface area contributed by atoms with Gasteiger partial charge >= 0.3 is 6.18 Å². The summed E-state index contributed by atoms with van der Waals surface area (Å²) < 4.78 is 52.4. The molecule has 1 spiro atoms. The van der Waals surface area contributed by atoms with Crippen molar-refractivity contribution in [1.82, 2.24) is 4.90 Å². The lowest BCUT2D eigenvalue weighted by molar-refractivity contribution is -0.568. The summed E-state index contributed by atoms with van der Waals surface area (Å²) in [6.45, 7) is 9.34. The Kier molecular flexibility index (Phi) is 7.89. The first-order chi connectivity index (χ1) is 21.3. The molecule has 45 heavy (non-hydrogen) atoms. The maximum absolute atomic E-state index is 13.2. The number of phenolic OH excluding ortho intramolecular Hbond substituents is 1. The van der Waals surface area contributed by atoms with Crippen LogP contribution in [0.25, 0.3) is 0 Å². The minimum Gasteiger partial charge on any atom is -0.508 e. The van der Waals surface area contributed by atoms with Crippen molar-refractivity contribution in [3.63, 3.8) is 0 Å². The standard InChI is InChI=1S/C33H41BrF3N3O5/c1-20-7-10-27-31(3,34)28(42-29-32(27)25(20)11-12-30(2,43-29)44-45-32)38-23-8-9-26(41)21(17-23)19-39-13-15-40(16-14-39)24-6-4-5-22(18-24)33(35,36)37/h4-6,8-9,17-18,20,25,27-29,38,41H,7,10-16,19H2,1-3H3/t20-,25?,27?,28?,29-,30+,31+,32-/m1/s1. The van der Waals surface area contributed by atoms with Crippen LogP contribution in [0.2, 0.25) is 0 Å². The summed E-state index contributed by atoms with van der Waals surface area (Å²) in [4.78, 5) is 16.4. The number of aromatic hydroxyl groups is 1. The van der Waals surface area contributed by atoms with Gasteiger partial charge in [0.15, 0.2) is 11.9 Å². The average molecular weight is 697 g/mol. The van der Waals surface area contributed by atoms with E-state index < -0.39 is 40.0 Å². The number of fused-ring (bicyclic) bond motifs is 2. The third kappa shape index (κ3) is 5.53. The van der Waals surface area contributed by atoms with Crippen molar-refractivity contribution in [1.29, 1.82) is 0 Å². The van der Waals surface area contributed by atoms with Crippen LogP contribution in [0.4, 0.5) is 24.5 Å². The number of halogens is 4. The molecule has 2 aromatic rings. The number of alkyl halides is 4. The molecule has 8 nitrogen and oxygen atoms in total. The van der Waals surface area contributed by atoms with Gasteiger partial charge in [0.2, 0.25) is 5.79 Å². The Hall–Kier alpha value is -2.09. The van der Waals surface area contributed by atoms with E-state index >= 15 is 0 Å². The van der Waals surface area contributed by atoms with Gasteiger partial charge in [-0.15, -0.1) is 0 Å². The normalized spacial score (nSPS) is 38.5. The van der Waals surface area contributed by atoms with E-state index in [0.29, 0.717) is 44.3 Å². The molecular formula is C33H41BrF3N3O5. The van der Waals surface area contributed by atoms with E-state index in [1.54, 1.807) is 12.1 Å². The maximum Gasteiger partial charge on any atom is 0.416 e. The maximum atomic E-state index is 13.2. The van der Waals surface area contributed by atoms with Crippen molar-refractivity contribution in [2.24, 2.45) is 17.8 Å². The predicted octanol–water partition coefficient (Wildman–Crippen LogP) is 6.87. The van der Waals surface area contributed by atoms with Crippen molar-refractivity contribution < 1.29 is 37.5 Å². The fourth-order valence-electron chi connectivity index (χ4n) is 8.29. The number of ether oxygens (including phenoxy) is 2. The summed E-state index contributed by atoms with van der Waals surface area (Å²) in [7, 11) is 0. The Morgan fingerprint density at radius 1 is 1.02 bits per heavy atom. The summed E-state index contributed by atoms with van der Waals surface area (Å²) in [6, 6.07) is 11.0. The molecule has 5 saturated heterocycles. The molecule has 246 valence electrons. The van der Waals surface area contributed by atoms with Crippen LogP contribution < -0.4 is 10.2 Å². The Bertz CT molecular complexity index is 1420. The zero-order chi connectivity index (χ0) is 31.8. The van der Waals surface area contributed by atoms with Gasteiger partial charge in [-0.25, -0.2) is 9.78 Å². The molecule has 5 heterocycles. The molecule has 0 radical (unpaired) electrons. The Labute approximate surface area is 270 Å². The molecule has 0 aromatic heterocycles. The number of piperazine rings is 1. The number of hydrogen-bond acceptors (Lipinski definition) is 8. The number of hydrogen-bond donors (Lipinski definition) is 2. The van der Waals surface area contributed by atoms with E-state index in [1.807, 2.05) is 24.0 Å². The van der Waals surface area contributed by atoms with Gasteiger partial charge in [0.25, 0.3) is 0 Å². The summed E-state index contributed by atoms with van der Waals surface area (Å²) in [5, 5.41) is 14.4. The first-order valence-corrected chi connectivity index (χ1v) is 16.7. The SMILES string of the molecule is C[C@@H]1CCC2[C@](C)(Br)C(Nc3ccc(O)c(CN4CCN(c5cccc(C(F)(F)F)c5)CC4)c3)O[C@@H]3O[C@]4(C)CCC1[C@@]23OO4. The number of nitrogens with one attached hydrogen (secondary N) is 1. The first kappa shape index (κ1) is 31.5. The second kappa shape index (κ2) is 11.3. The van der Waals surface area contributed by atoms with E-state index in [-0.39, 0.29) is 17.6 Å². The smallest absolute Gasteiger partial charge is 0.416 e. The zero-order valence-corrected chi connectivity index (χ0v) is 27.4. The third-order valence-corrected chi connectivity index (χ3v) is 11.8. The molecule has 2 aromatic carbocycles. The Morgan fingerprint density at radius 2 is 1.80 bits per heavy atom. The van der Waals surface area contributed by atoms with E-state index in [2.05, 4.69) is 40.0 Å². The molecule has 6 fully saturated rings. The zero-order valence-electron chi connectivity index (χ0n) is 25.8. The minimum absolute atomic E-state index is 0.0646. The molecule has 2 bridgehead atoms. The summed E-state index contributed by atoms with van der Waals surface area (Å²) in [5.41, 5.74) is 0.789. The highest BCUT2D eigenvalue weighted by atomic mass is 79.9. The first-order valence-electron chi connectivity index (χ1n) is 15.9. The van der Waals surface area contributed by atoms with Crippen LogP contribution in [-0.4, -0.2) is 64.4 Å². The van der Waals surface area contributed by atoms with Crippen LogP contribution in [0.1, 0.15) is 57.6 Å². The van der Waals surface area contributed by atoms with Gasteiger partial charge in [0, 0.05) is 62.0 Å². The van der Waals surface area contributed by atoms with Crippen LogP contribution in [0.5, 0.6) is 5.75 Å². The minimum atomic E-state index is -4.37. The molecule has 8 atom stereocenters. The van der Waals surface area contributed by atoms with E-state index in [9.17, 15) is 18.3 Å². The Morgan fingerprint density at radius 3 is 2.56 bits per heavy atom. The number of rotatable bonds is 5. The lowest BCUT2D eigenvalue weighted by Gasteiger charge is -2.62. The largest absolute Gasteiger partial charge is 0.508 e. The molecule has 12 heteroatoms. The topological polar surface area (TPSA) is 75.7 Å². The van der Waals surface area contributed by atoms with Crippen LogP contribution in [-0.2, 0) is 32.0 Å². The summed E-state index contributed by atoms with van der Waals surface area (Å²) >= 11 is 4.07. The fourth-order valence-corrected chi connectivity index (χ4v) is 9.10. The molecule has 0 amide bonds. The number of benzene rings is 2. The highest BCUT2D eigenvalue weighted by Crippen LogP contribution is 2.63. The Balaban J connectivity index is 1.05. The predicted molar refractivity (Wildman–Crippen MR) is 166 cm³/mol.